The number of allylic oxidation sites excluding steroid dienone is 2. The highest BCUT2D eigenvalue weighted by Crippen LogP contribution is 2.64. The molecule has 0 bridgehead atoms. The van der Waals surface area contributed by atoms with Crippen LogP contribution in [0, 0.1) is 0 Å². The molecule has 4 heterocycles. The van der Waals surface area contributed by atoms with E-state index in [-0.39, 0.29) is 0 Å². The van der Waals surface area contributed by atoms with Crippen LogP contribution < -0.4 is 0 Å². The van der Waals surface area contributed by atoms with Crippen molar-refractivity contribution in [1.29, 1.82) is 0 Å². The molecule has 4 nitrogen and oxygen atoms in total. The predicted octanol–water partition coefficient (Wildman–Crippen LogP) is 18.6. The van der Waals surface area contributed by atoms with Gasteiger partial charge in [0.15, 0.2) is 0 Å². The first-order valence-electron chi connectivity index (χ1n) is 27.8. The van der Waals surface area contributed by atoms with Crippen LogP contribution in [0.25, 0.3) is 123 Å². The summed E-state index contributed by atoms with van der Waals surface area (Å²) in [7, 11) is 0. The van der Waals surface area contributed by atoms with Crippen LogP contribution in [-0.2, 0) is 11.8 Å². The summed E-state index contributed by atoms with van der Waals surface area (Å²) in [6.45, 7) is 2.39. The maximum absolute atomic E-state index is 2.59. The smallest absolute Gasteiger partial charge is 0.0728 e. The van der Waals surface area contributed by atoms with Crippen LogP contribution in [0.1, 0.15) is 70.5 Å². The minimum atomic E-state index is -0.736. The molecule has 4 heteroatoms. The summed E-state index contributed by atoms with van der Waals surface area (Å²) in [5.74, 6) is 0.415. The Hall–Kier alpha value is -9.64. The second-order valence-electron chi connectivity index (χ2n) is 22.3. The highest BCUT2D eigenvalue weighted by atomic mass is 15.0. The van der Waals surface area contributed by atoms with E-state index in [0.717, 1.165) is 30.6 Å². The monoisotopic (exact) mass is 994 g/mol. The molecule has 2 atom stereocenters. The fraction of sp³-hybridized carbons (Fsp3) is 0.0811. The topological polar surface area (TPSA) is 19.7 Å². The molecule has 366 valence electrons. The Morgan fingerprint density at radius 1 is 0.359 bits per heavy atom. The molecule has 0 saturated heterocycles. The van der Waals surface area contributed by atoms with Crippen molar-refractivity contribution >= 4 is 77.6 Å². The molecule has 4 aromatic heterocycles. The Morgan fingerprint density at radius 2 is 0.731 bits per heavy atom. The van der Waals surface area contributed by atoms with Gasteiger partial charge in [0.2, 0.25) is 0 Å². The average Bonchev–Trinajstić information content (AvgIpc) is 4.19. The third kappa shape index (κ3) is 5.39. The number of aromatic nitrogens is 4. The Morgan fingerprint density at radius 3 is 1.19 bits per heavy atom. The molecule has 10 aromatic carbocycles. The van der Waals surface area contributed by atoms with Crippen LogP contribution in [0.2, 0.25) is 0 Å². The molecule has 0 saturated carbocycles. The third-order valence-electron chi connectivity index (χ3n) is 18.5. The third-order valence-corrected chi connectivity index (χ3v) is 18.5. The Kier molecular flexibility index (Phi) is 8.46. The van der Waals surface area contributed by atoms with Crippen molar-refractivity contribution in [3.05, 3.63) is 275 Å². The zero-order valence-corrected chi connectivity index (χ0v) is 43.1. The molecule has 0 fully saturated rings. The molecule has 2 unspecified atom stereocenters. The van der Waals surface area contributed by atoms with Crippen LogP contribution in [-0.4, -0.2) is 18.3 Å². The van der Waals surface area contributed by atoms with Crippen molar-refractivity contribution in [3.63, 3.8) is 0 Å². The van der Waals surface area contributed by atoms with E-state index in [2.05, 4.69) is 268 Å². The number of fused-ring (bicyclic) bond motifs is 22. The average molecular weight is 995 g/mol. The number of hydrogen-bond donors (Lipinski definition) is 0. The van der Waals surface area contributed by atoms with Gasteiger partial charge in [-0.25, -0.2) is 0 Å². The van der Waals surface area contributed by atoms with Crippen LogP contribution in [0.15, 0.2) is 231 Å². The standard InChI is InChI=1S/C74H50N4/c1-45-17-16-32-72-73(45)60-24-8-15-31-71(60)78(72)49-36-40-53-52-39-35-48(77-69-29-13-6-22-58(69)59-23-7-14-30-70(59)77)43-63(52)74(64(53)44-49)61-41-46(75-65-25-9-2-18-54(65)55-19-3-10-26-66(55)75)33-37-50(61)51-38-34-47(42-62(51)74)76-67-27-11-4-20-56(67)57-21-5-12-28-68(57)76/h2-11,13-16,18-27,29-45H,12,17,28H2,1H3. The first-order valence-corrected chi connectivity index (χ1v) is 27.8. The summed E-state index contributed by atoms with van der Waals surface area (Å²) in [6, 6.07) is 83.5. The van der Waals surface area contributed by atoms with E-state index < -0.39 is 5.41 Å². The lowest BCUT2D eigenvalue weighted by Crippen LogP contribution is -2.27. The lowest BCUT2D eigenvalue weighted by atomic mass is 9.70. The van der Waals surface area contributed by atoms with E-state index in [0.29, 0.717) is 5.92 Å². The Labute approximate surface area is 451 Å². The Bertz CT molecular complexity index is 4810. The van der Waals surface area contributed by atoms with Gasteiger partial charge in [0.25, 0.3) is 0 Å². The van der Waals surface area contributed by atoms with E-state index in [9.17, 15) is 0 Å². The maximum atomic E-state index is 2.59. The second kappa shape index (κ2) is 15.5. The molecule has 1 spiro atoms. The van der Waals surface area contributed by atoms with Gasteiger partial charge in [0, 0.05) is 72.0 Å². The number of hydrogen-bond acceptors (Lipinski definition) is 0. The van der Waals surface area contributed by atoms with Gasteiger partial charge in [0.05, 0.1) is 38.5 Å². The quantitative estimate of drug-likeness (QED) is 0.167. The molecule has 78 heavy (non-hydrogen) atoms. The molecule has 4 aliphatic rings. The predicted molar refractivity (Wildman–Crippen MR) is 325 cm³/mol. The summed E-state index contributed by atoms with van der Waals surface area (Å²) < 4.78 is 10.2. The van der Waals surface area contributed by atoms with Crippen molar-refractivity contribution in [1.82, 2.24) is 18.3 Å². The summed E-state index contributed by atoms with van der Waals surface area (Å²) in [5.41, 5.74) is 27.1. The van der Waals surface area contributed by atoms with Crippen molar-refractivity contribution in [3.8, 4) is 45.0 Å². The fourth-order valence-corrected chi connectivity index (χ4v) is 15.4. The highest BCUT2D eigenvalue weighted by molar-refractivity contribution is 6.11. The summed E-state index contributed by atoms with van der Waals surface area (Å²) in [5, 5.41) is 7.69. The summed E-state index contributed by atoms with van der Waals surface area (Å²) in [4.78, 5) is 0. The summed E-state index contributed by atoms with van der Waals surface area (Å²) >= 11 is 0. The number of para-hydroxylation sites is 6. The normalized spacial score (nSPS) is 16.7. The largest absolute Gasteiger partial charge is 0.313 e. The maximum Gasteiger partial charge on any atom is 0.0728 e. The van der Waals surface area contributed by atoms with Crippen LogP contribution in [0.3, 0.4) is 0 Å². The van der Waals surface area contributed by atoms with Crippen LogP contribution >= 0.6 is 0 Å². The lowest BCUT2D eigenvalue weighted by molar-refractivity contribution is 0.771. The Balaban J connectivity index is 0.990. The van der Waals surface area contributed by atoms with Crippen molar-refractivity contribution in [2.24, 2.45) is 0 Å². The molecule has 0 radical (unpaired) electrons. The minimum Gasteiger partial charge on any atom is -0.313 e. The van der Waals surface area contributed by atoms with Gasteiger partial charge >= 0.3 is 0 Å². The van der Waals surface area contributed by atoms with Crippen LogP contribution in [0.4, 0.5) is 0 Å². The first kappa shape index (κ1) is 42.6. The van der Waals surface area contributed by atoms with Gasteiger partial charge in [0.1, 0.15) is 0 Å². The van der Waals surface area contributed by atoms with Gasteiger partial charge in [-0.05, 0) is 166 Å². The van der Waals surface area contributed by atoms with Gasteiger partial charge in [-0.1, -0.05) is 159 Å². The van der Waals surface area contributed by atoms with E-state index in [1.54, 1.807) is 0 Å². The van der Waals surface area contributed by atoms with Crippen molar-refractivity contribution in [2.75, 3.05) is 0 Å². The van der Waals surface area contributed by atoms with Gasteiger partial charge in [-0.15, -0.1) is 0 Å². The molecule has 18 rings (SSSR count). The number of benzene rings is 10. The van der Waals surface area contributed by atoms with Crippen molar-refractivity contribution < 1.29 is 0 Å². The van der Waals surface area contributed by atoms with E-state index in [1.165, 1.54) is 144 Å². The second-order valence-corrected chi connectivity index (χ2v) is 22.3. The minimum absolute atomic E-state index is 0.415. The molecule has 0 N–H and O–H groups in total. The SMILES string of the molecule is CC1CC=Cc2c1c1ccccc1n2-c1ccc2c(c1)C1(c3cc(-n4c5c(c6ccccc64)C=CCC5)ccc3-c3ccc(-n4c5ccccc5c5ccccc54)cc31)c1cc(-n3c4ccccc4c4ccccc43)ccc1-2. The van der Waals surface area contributed by atoms with Crippen molar-refractivity contribution in [2.45, 2.75) is 37.5 Å². The number of rotatable bonds is 4. The van der Waals surface area contributed by atoms with Gasteiger partial charge in [-0.2, -0.15) is 0 Å². The molecular formula is C74H50N4. The summed E-state index contributed by atoms with van der Waals surface area (Å²) in [6.07, 6.45) is 12.5. The molecule has 0 amide bonds. The zero-order chi connectivity index (χ0) is 51.0. The zero-order valence-electron chi connectivity index (χ0n) is 43.1. The lowest BCUT2D eigenvalue weighted by Gasteiger charge is -2.32. The van der Waals surface area contributed by atoms with Gasteiger partial charge < -0.3 is 18.3 Å². The fourth-order valence-electron chi connectivity index (χ4n) is 15.4. The molecule has 14 aromatic rings. The van der Waals surface area contributed by atoms with Crippen LogP contribution in [0.5, 0.6) is 0 Å². The van der Waals surface area contributed by atoms with E-state index in [4.69, 9.17) is 0 Å². The van der Waals surface area contributed by atoms with Gasteiger partial charge in [-0.3, -0.25) is 0 Å². The molecular weight excluding hydrogens is 945 g/mol. The van der Waals surface area contributed by atoms with E-state index in [1.807, 2.05) is 0 Å². The first-order chi connectivity index (χ1) is 38.6. The molecule has 4 aliphatic carbocycles. The highest BCUT2D eigenvalue weighted by Gasteiger charge is 2.53. The molecule has 0 aliphatic heterocycles. The van der Waals surface area contributed by atoms with E-state index >= 15 is 0 Å². The number of nitrogens with zero attached hydrogens (tertiary/aromatic N) is 4.